The summed E-state index contributed by atoms with van der Waals surface area (Å²) in [6.07, 6.45) is -1.39. The van der Waals surface area contributed by atoms with Crippen LogP contribution in [0.4, 0.5) is 13.2 Å². The fraction of sp³-hybridized carbons (Fsp3) is 0.421. The number of alkyl halides is 3. The molecule has 1 aromatic heterocycles. The molecule has 1 saturated carbocycles. The van der Waals surface area contributed by atoms with Crippen molar-refractivity contribution in [3.05, 3.63) is 41.2 Å². The molecule has 1 heterocycles. The van der Waals surface area contributed by atoms with Gasteiger partial charge in [0, 0.05) is 17.1 Å². The molecule has 1 aliphatic rings. The Morgan fingerprint density at radius 2 is 2.00 bits per heavy atom. The number of aliphatic hydroxyl groups excluding tert-OH is 1. The molecule has 2 N–H and O–H groups in total. The lowest BCUT2D eigenvalue weighted by Crippen LogP contribution is -2.33. The summed E-state index contributed by atoms with van der Waals surface area (Å²) in [6, 6.07) is 6.14. The van der Waals surface area contributed by atoms with E-state index in [2.05, 4.69) is 15.3 Å². The minimum absolute atomic E-state index is 0.0166. The Hall–Kier alpha value is -2.39. The Labute approximate surface area is 170 Å². The van der Waals surface area contributed by atoms with Gasteiger partial charge in [-0.2, -0.15) is 13.2 Å². The van der Waals surface area contributed by atoms with E-state index in [9.17, 15) is 23.1 Å². The van der Waals surface area contributed by atoms with Crippen molar-refractivity contribution in [2.24, 2.45) is 5.92 Å². The van der Waals surface area contributed by atoms with Crippen molar-refractivity contribution < 1.29 is 27.8 Å². The largest absolute Gasteiger partial charge is 0.466 e. The number of ether oxygens (including phenoxy) is 1. The van der Waals surface area contributed by atoms with E-state index in [0.29, 0.717) is 22.9 Å². The minimum atomic E-state index is -4.55. The van der Waals surface area contributed by atoms with Crippen LogP contribution in [-0.4, -0.2) is 46.4 Å². The van der Waals surface area contributed by atoms with E-state index < -0.39 is 24.8 Å². The Bertz CT molecular complexity index is 858. The number of aromatic nitrogens is 2. The monoisotopic (exact) mass is 429 g/mol. The molecule has 29 heavy (non-hydrogen) atoms. The highest BCUT2D eigenvalue weighted by atomic mass is 35.5. The number of carbonyl (C=O) groups is 1. The molecule has 1 atom stereocenters. The third-order valence-electron chi connectivity index (χ3n) is 4.26. The maximum absolute atomic E-state index is 12.5. The van der Waals surface area contributed by atoms with Gasteiger partial charge in [0.05, 0.1) is 12.3 Å². The quantitative estimate of drug-likeness (QED) is 0.669. The fourth-order valence-corrected chi connectivity index (χ4v) is 2.79. The molecule has 0 saturated heterocycles. The smallest absolute Gasteiger partial charge is 0.422 e. The summed E-state index contributed by atoms with van der Waals surface area (Å²) in [5, 5.41) is 12.9. The van der Waals surface area contributed by atoms with Crippen LogP contribution in [0.1, 0.15) is 29.8 Å². The molecule has 156 valence electrons. The molecule has 1 fully saturated rings. The van der Waals surface area contributed by atoms with Crippen LogP contribution in [0.25, 0.3) is 11.3 Å². The van der Waals surface area contributed by atoms with Crippen molar-refractivity contribution >= 4 is 17.5 Å². The van der Waals surface area contributed by atoms with Crippen molar-refractivity contribution in [3.63, 3.8) is 0 Å². The first kappa shape index (κ1) is 21.3. The molecule has 1 amide bonds. The highest BCUT2D eigenvalue weighted by molar-refractivity contribution is 6.30. The van der Waals surface area contributed by atoms with E-state index >= 15 is 0 Å². The predicted molar refractivity (Wildman–Crippen MR) is 99.7 cm³/mol. The molecule has 2 aromatic rings. The Kier molecular flexibility index (Phi) is 6.59. The lowest BCUT2D eigenvalue weighted by molar-refractivity contribution is -0.154. The van der Waals surface area contributed by atoms with Crippen molar-refractivity contribution in [2.45, 2.75) is 31.5 Å². The first-order valence-electron chi connectivity index (χ1n) is 9.00. The van der Waals surface area contributed by atoms with Crippen LogP contribution in [-0.2, 0) is 0 Å². The van der Waals surface area contributed by atoms with Gasteiger partial charge < -0.3 is 15.2 Å². The predicted octanol–water partition coefficient (Wildman–Crippen LogP) is 3.63. The number of benzene rings is 1. The van der Waals surface area contributed by atoms with Gasteiger partial charge in [-0.25, -0.2) is 9.97 Å². The summed E-state index contributed by atoms with van der Waals surface area (Å²) >= 11 is 5.85. The molecule has 0 radical (unpaired) electrons. The first-order valence-corrected chi connectivity index (χ1v) is 9.38. The summed E-state index contributed by atoms with van der Waals surface area (Å²) in [5.74, 6) is -0.442. The zero-order chi connectivity index (χ0) is 21.0. The second-order valence-electron chi connectivity index (χ2n) is 6.86. The van der Waals surface area contributed by atoms with E-state index in [-0.39, 0.29) is 23.8 Å². The Balaban J connectivity index is 1.78. The van der Waals surface area contributed by atoms with Crippen LogP contribution in [0.15, 0.2) is 30.5 Å². The number of halogens is 4. The average Bonchev–Trinajstić information content (AvgIpc) is 3.48. The summed E-state index contributed by atoms with van der Waals surface area (Å²) in [6.45, 7) is -1.49. The van der Waals surface area contributed by atoms with Gasteiger partial charge in [-0.3, -0.25) is 4.79 Å². The maximum atomic E-state index is 12.5. The van der Waals surface area contributed by atoms with Crippen LogP contribution in [0, 0.1) is 5.92 Å². The zero-order valence-corrected chi connectivity index (χ0v) is 16.0. The number of hydrogen-bond acceptors (Lipinski definition) is 5. The van der Waals surface area contributed by atoms with E-state index in [4.69, 9.17) is 16.3 Å². The third-order valence-corrected chi connectivity index (χ3v) is 4.51. The second kappa shape index (κ2) is 8.96. The van der Waals surface area contributed by atoms with Crippen molar-refractivity contribution in [1.29, 1.82) is 0 Å². The van der Waals surface area contributed by atoms with E-state index in [1.54, 1.807) is 0 Å². The van der Waals surface area contributed by atoms with Crippen LogP contribution < -0.4 is 10.1 Å². The number of nitrogens with zero attached hydrogens (tertiary/aromatic N) is 2. The van der Waals surface area contributed by atoms with Gasteiger partial charge in [0.15, 0.2) is 6.61 Å². The van der Waals surface area contributed by atoms with E-state index in [1.165, 1.54) is 24.3 Å². The molecule has 10 heteroatoms. The first-order chi connectivity index (χ1) is 13.7. The molecule has 0 unspecified atom stereocenters. The molecule has 0 spiro atoms. The lowest BCUT2D eigenvalue weighted by atomic mass is 10.1. The van der Waals surface area contributed by atoms with Gasteiger partial charge >= 0.3 is 6.18 Å². The number of nitrogens with one attached hydrogen (secondary N) is 1. The number of carbonyl (C=O) groups excluding carboxylic acids is 1. The van der Waals surface area contributed by atoms with Gasteiger partial charge in [0.25, 0.3) is 5.91 Å². The normalized spacial score (nSPS) is 15.1. The van der Waals surface area contributed by atoms with Gasteiger partial charge in [-0.05, 0) is 24.5 Å². The summed E-state index contributed by atoms with van der Waals surface area (Å²) in [4.78, 5) is 20.3. The Morgan fingerprint density at radius 1 is 1.31 bits per heavy atom. The SMILES string of the molecule is O=C(NC[C@H](O)CC1CC1)c1cnc(OCC(F)(F)F)c(-c2ccc(Cl)cc2)n1. The average molecular weight is 430 g/mol. The van der Waals surface area contributed by atoms with Crippen LogP contribution in [0.5, 0.6) is 5.88 Å². The van der Waals surface area contributed by atoms with Gasteiger partial charge in [0.1, 0.15) is 11.4 Å². The number of aliphatic hydroxyl groups is 1. The molecule has 1 aliphatic carbocycles. The van der Waals surface area contributed by atoms with Crippen molar-refractivity contribution in [1.82, 2.24) is 15.3 Å². The lowest BCUT2D eigenvalue weighted by Gasteiger charge is -2.14. The summed E-state index contributed by atoms with van der Waals surface area (Å²) < 4.78 is 42.4. The molecule has 3 rings (SSSR count). The summed E-state index contributed by atoms with van der Waals surface area (Å²) in [7, 11) is 0. The molecule has 1 aromatic carbocycles. The number of rotatable bonds is 8. The minimum Gasteiger partial charge on any atom is -0.466 e. The van der Waals surface area contributed by atoms with Crippen LogP contribution >= 0.6 is 11.6 Å². The molecule has 0 aliphatic heterocycles. The topological polar surface area (TPSA) is 84.3 Å². The van der Waals surface area contributed by atoms with E-state index in [1.807, 2.05) is 0 Å². The summed E-state index contributed by atoms with van der Waals surface area (Å²) in [5.41, 5.74) is 0.271. The number of amides is 1. The van der Waals surface area contributed by atoms with Gasteiger partial charge in [0.2, 0.25) is 5.88 Å². The standard InChI is InChI=1S/C19H19ClF3N3O3/c20-13-5-3-12(4-6-13)16-18(29-10-19(21,22)23)25-9-15(26-16)17(28)24-8-14(27)7-11-1-2-11/h3-6,9,11,14,27H,1-2,7-8,10H2,(H,24,28)/t14-/m1/s1. The van der Waals surface area contributed by atoms with Gasteiger partial charge in [-0.15, -0.1) is 0 Å². The van der Waals surface area contributed by atoms with Crippen molar-refractivity contribution in [2.75, 3.05) is 13.2 Å². The van der Waals surface area contributed by atoms with Gasteiger partial charge in [-0.1, -0.05) is 36.6 Å². The molecular weight excluding hydrogens is 411 g/mol. The molecule has 6 nitrogen and oxygen atoms in total. The highest BCUT2D eigenvalue weighted by Crippen LogP contribution is 2.33. The zero-order valence-electron chi connectivity index (χ0n) is 15.2. The molecular formula is C19H19ClF3N3O3. The maximum Gasteiger partial charge on any atom is 0.422 e. The van der Waals surface area contributed by atoms with Crippen molar-refractivity contribution in [3.8, 4) is 17.1 Å². The van der Waals surface area contributed by atoms with Crippen LogP contribution in [0.3, 0.4) is 0 Å². The molecule has 0 bridgehead atoms. The fourth-order valence-electron chi connectivity index (χ4n) is 2.66. The number of hydrogen-bond donors (Lipinski definition) is 2. The van der Waals surface area contributed by atoms with Crippen LogP contribution in [0.2, 0.25) is 5.02 Å². The highest BCUT2D eigenvalue weighted by Gasteiger charge is 2.30. The third kappa shape index (κ3) is 6.57. The Morgan fingerprint density at radius 3 is 2.62 bits per heavy atom. The second-order valence-corrected chi connectivity index (χ2v) is 7.30. The van der Waals surface area contributed by atoms with E-state index in [0.717, 1.165) is 19.0 Å².